The van der Waals surface area contributed by atoms with E-state index in [0.29, 0.717) is 6.61 Å². The van der Waals surface area contributed by atoms with Crippen molar-refractivity contribution in [3.05, 3.63) is 0 Å². The van der Waals surface area contributed by atoms with Gasteiger partial charge in [-0.15, -0.1) is 0 Å². The average molecular weight is 175 g/mol. The molecule has 0 aliphatic heterocycles. The molecule has 0 amide bonds. The van der Waals surface area contributed by atoms with Crippen molar-refractivity contribution < 1.29 is 14.3 Å². The van der Waals surface area contributed by atoms with Crippen molar-refractivity contribution in [3.63, 3.8) is 0 Å². The molecule has 2 atom stereocenters. The zero-order valence-electron chi connectivity index (χ0n) is 7.87. The standard InChI is InChI=1S/C8H17NO3/c1-6(5-11-2)7(9)4-8(10)12-3/h6-7H,4-5,9H2,1-3H3/t6?,7-/m1/s1. The predicted octanol–water partition coefficient (Wildman–Crippen LogP) is 0.159. The number of esters is 1. The Morgan fingerprint density at radius 2 is 2.08 bits per heavy atom. The molecule has 2 N–H and O–H groups in total. The van der Waals surface area contributed by atoms with Gasteiger partial charge in [-0.25, -0.2) is 0 Å². The van der Waals surface area contributed by atoms with E-state index in [1.807, 2.05) is 6.92 Å². The molecule has 0 aromatic carbocycles. The number of rotatable bonds is 5. The third-order valence-corrected chi connectivity index (χ3v) is 1.79. The lowest BCUT2D eigenvalue weighted by Crippen LogP contribution is -2.33. The summed E-state index contributed by atoms with van der Waals surface area (Å²) >= 11 is 0. The quantitative estimate of drug-likeness (QED) is 0.604. The Morgan fingerprint density at radius 3 is 2.50 bits per heavy atom. The summed E-state index contributed by atoms with van der Waals surface area (Å²) in [5, 5.41) is 0. The van der Waals surface area contributed by atoms with Gasteiger partial charge in [-0.3, -0.25) is 4.79 Å². The lowest BCUT2D eigenvalue weighted by atomic mass is 10.0. The van der Waals surface area contributed by atoms with E-state index < -0.39 is 0 Å². The van der Waals surface area contributed by atoms with Crippen LogP contribution in [0.1, 0.15) is 13.3 Å². The number of methoxy groups -OCH3 is 2. The van der Waals surface area contributed by atoms with E-state index in [1.54, 1.807) is 7.11 Å². The van der Waals surface area contributed by atoms with E-state index in [1.165, 1.54) is 7.11 Å². The summed E-state index contributed by atoms with van der Waals surface area (Å²) in [5.74, 6) is -0.0976. The Balaban J connectivity index is 3.69. The van der Waals surface area contributed by atoms with Crippen molar-refractivity contribution >= 4 is 5.97 Å². The van der Waals surface area contributed by atoms with Crippen LogP contribution in [-0.2, 0) is 14.3 Å². The molecule has 0 radical (unpaired) electrons. The maximum atomic E-state index is 10.8. The van der Waals surface area contributed by atoms with Gasteiger partial charge in [0.2, 0.25) is 0 Å². The molecule has 0 aliphatic carbocycles. The van der Waals surface area contributed by atoms with Gasteiger partial charge in [0.05, 0.1) is 20.1 Å². The molecule has 0 rings (SSSR count). The summed E-state index contributed by atoms with van der Waals surface area (Å²) in [4.78, 5) is 10.8. The Hall–Kier alpha value is -0.610. The van der Waals surface area contributed by atoms with Gasteiger partial charge in [-0.2, -0.15) is 0 Å². The van der Waals surface area contributed by atoms with Gasteiger partial charge in [-0.1, -0.05) is 6.92 Å². The largest absolute Gasteiger partial charge is 0.469 e. The molecule has 12 heavy (non-hydrogen) atoms. The Labute approximate surface area is 73.0 Å². The number of carbonyl (C=O) groups is 1. The molecule has 4 nitrogen and oxygen atoms in total. The van der Waals surface area contributed by atoms with Gasteiger partial charge in [-0.05, 0) is 5.92 Å². The smallest absolute Gasteiger partial charge is 0.307 e. The van der Waals surface area contributed by atoms with Crippen LogP contribution in [0.3, 0.4) is 0 Å². The Morgan fingerprint density at radius 1 is 1.50 bits per heavy atom. The molecule has 1 unspecified atom stereocenters. The van der Waals surface area contributed by atoms with Crippen LogP contribution in [0, 0.1) is 5.92 Å². The van der Waals surface area contributed by atoms with Crippen molar-refractivity contribution in [2.45, 2.75) is 19.4 Å². The van der Waals surface area contributed by atoms with Crippen LogP contribution < -0.4 is 5.73 Å². The highest BCUT2D eigenvalue weighted by Gasteiger charge is 2.16. The number of ether oxygens (including phenoxy) is 2. The van der Waals surface area contributed by atoms with Crippen LogP contribution in [-0.4, -0.2) is 32.8 Å². The van der Waals surface area contributed by atoms with E-state index in [9.17, 15) is 4.79 Å². The van der Waals surface area contributed by atoms with Crippen molar-refractivity contribution in [2.75, 3.05) is 20.8 Å². The summed E-state index contributed by atoms with van der Waals surface area (Å²) in [6.07, 6.45) is 0.251. The second-order valence-electron chi connectivity index (χ2n) is 2.88. The molecular formula is C8H17NO3. The fourth-order valence-electron chi connectivity index (χ4n) is 0.863. The maximum absolute atomic E-state index is 10.8. The molecule has 0 aliphatic rings. The summed E-state index contributed by atoms with van der Waals surface area (Å²) in [5.41, 5.74) is 5.70. The van der Waals surface area contributed by atoms with Gasteiger partial charge in [0.15, 0.2) is 0 Å². The van der Waals surface area contributed by atoms with Gasteiger partial charge < -0.3 is 15.2 Å². The lowest BCUT2D eigenvalue weighted by molar-refractivity contribution is -0.141. The Kier molecular flexibility index (Phi) is 5.66. The molecule has 0 bridgehead atoms. The van der Waals surface area contributed by atoms with Crippen molar-refractivity contribution in [3.8, 4) is 0 Å². The first-order chi connectivity index (χ1) is 5.61. The van der Waals surface area contributed by atoms with Crippen molar-refractivity contribution in [2.24, 2.45) is 11.7 Å². The van der Waals surface area contributed by atoms with E-state index in [2.05, 4.69) is 4.74 Å². The third-order valence-electron chi connectivity index (χ3n) is 1.79. The first kappa shape index (κ1) is 11.4. The van der Waals surface area contributed by atoms with E-state index >= 15 is 0 Å². The highest BCUT2D eigenvalue weighted by Crippen LogP contribution is 2.05. The fraction of sp³-hybridized carbons (Fsp3) is 0.875. The van der Waals surface area contributed by atoms with Crippen LogP contribution in [0.2, 0.25) is 0 Å². The molecule has 0 aromatic rings. The topological polar surface area (TPSA) is 61.5 Å². The zero-order valence-corrected chi connectivity index (χ0v) is 7.87. The number of nitrogens with two attached hydrogens (primary N) is 1. The van der Waals surface area contributed by atoms with E-state index in [-0.39, 0.29) is 24.3 Å². The zero-order chi connectivity index (χ0) is 9.56. The Bertz CT molecular complexity index is 138. The molecule has 0 saturated heterocycles. The average Bonchev–Trinajstić information content (AvgIpc) is 2.04. The molecule has 0 saturated carbocycles. The molecular weight excluding hydrogens is 158 g/mol. The molecule has 0 heterocycles. The van der Waals surface area contributed by atoms with Gasteiger partial charge in [0.25, 0.3) is 0 Å². The number of carbonyl (C=O) groups excluding carboxylic acids is 1. The lowest BCUT2D eigenvalue weighted by Gasteiger charge is -2.17. The molecule has 4 heteroatoms. The third kappa shape index (κ3) is 4.31. The minimum absolute atomic E-state index is 0.175. The second kappa shape index (κ2) is 5.97. The first-order valence-corrected chi connectivity index (χ1v) is 3.93. The normalized spacial score (nSPS) is 15.3. The second-order valence-corrected chi connectivity index (χ2v) is 2.88. The maximum Gasteiger partial charge on any atom is 0.307 e. The van der Waals surface area contributed by atoms with E-state index in [0.717, 1.165) is 0 Å². The summed E-state index contributed by atoms with van der Waals surface area (Å²) < 4.78 is 9.40. The van der Waals surface area contributed by atoms with Gasteiger partial charge >= 0.3 is 5.97 Å². The highest BCUT2D eigenvalue weighted by atomic mass is 16.5. The molecule has 72 valence electrons. The van der Waals surface area contributed by atoms with Crippen LogP contribution in [0.4, 0.5) is 0 Å². The van der Waals surface area contributed by atoms with Crippen molar-refractivity contribution in [1.82, 2.24) is 0 Å². The molecule has 0 fully saturated rings. The number of hydrogen-bond donors (Lipinski definition) is 1. The van der Waals surface area contributed by atoms with Gasteiger partial charge in [0, 0.05) is 13.2 Å². The van der Waals surface area contributed by atoms with Crippen LogP contribution >= 0.6 is 0 Å². The summed E-state index contributed by atoms with van der Waals surface area (Å²) in [6, 6.07) is -0.183. The first-order valence-electron chi connectivity index (χ1n) is 3.93. The van der Waals surface area contributed by atoms with Crippen LogP contribution in [0.15, 0.2) is 0 Å². The minimum Gasteiger partial charge on any atom is -0.469 e. The molecule has 0 spiro atoms. The fourth-order valence-corrected chi connectivity index (χ4v) is 0.863. The summed E-state index contributed by atoms with van der Waals surface area (Å²) in [7, 11) is 2.97. The SMILES string of the molecule is COCC(C)[C@H](N)CC(=O)OC. The minimum atomic E-state index is -0.273. The highest BCUT2D eigenvalue weighted by molar-refractivity contribution is 5.69. The molecule has 0 aromatic heterocycles. The number of hydrogen-bond acceptors (Lipinski definition) is 4. The van der Waals surface area contributed by atoms with Gasteiger partial charge in [0.1, 0.15) is 0 Å². The van der Waals surface area contributed by atoms with Crippen LogP contribution in [0.5, 0.6) is 0 Å². The van der Waals surface area contributed by atoms with Crippen molar-refractivity contribution in [1.29, 1.82) is 0 Å². The predicted molar refractivity (Wildman–Crippen MR) is 45.6 cm³/mol. The van der Waals surface area contributed by atoms with E-state index in [4.69, 9.17) is 10.5 Å². The summed E-state index contributed by atoms with van der Waals surface area (Å²) in [6.45, 7) is 2.51. The van der Waals surface area contributed by atoms with Crippen LogP contribution in [0.25, 0.3) is 0 Å². The monoisotopic (exact) mass is 175 g/mol.